The molecule has 0 saturated heterocycles. The van der Waals surface area contributed by atoms with Gasteiger partial charge in [0.05, 0.1) is 5.75 Å². The Bertz CT molecular complexity index is 568. The molecule has 1 heterocycles. The number of hydrogen-bond donors (Lipinski definition) is 1. The van der Waals surface area contributed by atoms with Gasteiger partial charge in [0.25, 0.3) is 5.91 Å². The van der Waals surface area contributed by atoms with Gasteiger partial charge in [-0.3, -0.25) is 4.79 Å². The molecule has 0 fully saturated rings. The molecule has 1 N–H and O–H groups in total. The highest BCUT2D eigenvalue weighted by Crippen LogP contribution is 2.34. The number of hydrogen-bond acceptors (Lipinski definition) is 4. The maximum Gasteiger partial charge on any atom is 0.275 e. The summed E-state index contributed by atoms with van der Waals surface area (Å²) in [7, 11) is -3.51. The molecule has 0 radical (unpaired) electrons. The molecule has 5 nitrogen and oxygen atoms in total. The zero-order chi connectivity index (χ0) is 13.9. The Morgan fingerprint density at radius 2 is 2.00 bits per heavy atom. The van der Waals surface area contributed by atoms with Crippen molar-refractivity contribution in [3.63, 3.8) is 0 Å². The summed E-state index contributed by atoms with van der Waals surface area (Å²) < 4.78 is 24.6. The third-order valence-corrected chi connectivity index (χ3v) is 5.14. The number of benzene rings is 1. The summed E-state index contributed by atoms with van der Waals surface area (Å²) in [6.45, 7) is 2.00. The maximum absolute atomic E-state index is 12.3. The number of rotatable bonds is 5. The minimum Gasteiger partial charge on any atom is -0.379 e. The van der Waals surface area contributed by atoms with Crippen molar-refractivity contribution in [2.45, 2.75) is 31.4 Å². The molecule has 19 heavy (non-hydrogen) atoms. The molecule has 1 aliphatic rings. The van der Waals surface area contributed by atoms with Crippen molar-refractivity contribution < 1.29 is 18.0 Å². The van der Waals surface area contributed by atoms with Crippen molar-refractivity contribution >= 4 is 15.7 Å². The standard InChI is InChI=1S/C13H17NO4S/c1-2-3-6-9-19(16,17)12-10-7-4-5-8-11(10)18-14-13(12)15/h4-5,7-8,12H,2-3,6,9H2,1H3,(H,14,15). The van der Waals surface area contributed by atoms with E-state index in [9.17, 15) is 13.2 Å². The zero-order valence-corrected chi connectivity index (χ0v) is 11.6. The van der Waals surface area contributed by atoms with Gasteiger partial charge in [-0.05, 0) is 12.5 Å². The fourth-order valence-electron chi connectivity index (χ4n) is 2.12. The van der Waals surface area contributed by atoms with Gasteiger partial charge in [0.1, 0.15) is 0 Å². The number of amides is 1. The number of fused-ring (bicyclic) bond motifs is 1. The van der Waals surface area contributed by atoms with E-state index in [-0.39, 0.29) is 5.75 Å². The molecule has 1 atom stereocenters. The van der Waals surface area contributed by atoms with E-state index in [4.69, 9.17) is 4.84 Å². The van der Waals surface area contributed by atoms with Crippen molar-refractivity contribution in [1.29, 1.82) is 0 Å². The summed E-state index contributed by atoms with van der Waals surface area (Å²) in [5.74, 6) is -0.200. The molecule has 104 valence electrons. The van der Waals surface area contributed by atoms with Crippen molar-refractivity contribution in [2.24, 2.45) is 0 Å². The Morgan fingerprint density at radius 1 is 1.26 bits per heavy atom. The third-order valence-electron chi connectivity index (χ3n) is 3.09. The Kier molecular flexibility index (Phi) is 4.09. The van der Waals surface area contributed by atoms with E-state index in [1.54, 1.807) is 24.3 Å². The van der Waals surface area contributed by atoms with Gasteiger partial charge in [-0.1, -0.05) is 38.0 Å². The Balaban J connectivity index is 2.30. The Hall–Kier alpha value is -1.56. The lowest BCUT2D eigenvalue weighted by molar-refractivity contribution is -0.128. The highest BCUT2D eigenvalue weighted by atomic mass is 32.2. The van der Waals surface area contributed by atoms with Crippen molar-refractivity contribution in [3.8, 4) is 5.75 Å². The molecule has 0 bridgehead atoms. The van der Waals surface area contributed by atoms with E-state index in [0.29, 0.717) is 17.7 Å². The minimum atomic E-state index is -3.51. The SMILES string of the molecule is CCCCCS(=O)(=O)C1C(=O)NOc2ccccc21. The Morgan fingerprint density at radius 3 is 2.74 bits per heavy atom. The van der Waals surface area contributed by atoms with Crippen LogP contribution in [-0.2, 0) is 14.6 Å². The van der Waals surface area contributed by atoms with E-state index in [2.05, 4.69) is 5.48 Å². The molecule has 0 saturated carbocycles. The van der Waals surface area contributed by atoms with Gasteiger partial charge in [0.15, 0.2) is 20.8 Å². The van der Waals surface area contributed by atoms with Crippen LogP contribution in [0.5, 0.6) is 5.75 Å². The highest BCUT2D eigenvalue weighted by molar-refractivity contribution is 7.92. The lowest BCUT2D eigenvalue weighted by atomic mass is 10.1. The van der Waals surface area contributed by atoms with Gasteiger partial charge in [0.2, 0.25) is 0 Å². The molecular formula is C13H17NO4S. The first-order valence-corrected chi connectivity index (χ1v) is 8.05. The second kappa shape index (κ2) is 5.61. The van der Waals surface area contributed by atoms with Gasteiger partial charge in [-0.15, -0.1) is 0 Å². The van der Waals surface area contributed by atoms with Crippen LogP contribution in [0.4, 0.5) is 0 Å². The van der Waals surface area contributed by atoms with Gasteiger partial charge < -0.3 is 4.84 Å². The van der Waals surface area contributed by atoms with Crippen LogP contribution in [-0.4, -0.2) is 20.1 Å². The average Bonchev–Trinajstić information content (AvgIpc) is 2.38. The van der Waals surface area contributed by atoms with Crippen molar-refractivity contribution in [2.75, 3.05) is 5.75 Å². The van der Waals surface area contributed by atoms with Gasteiger partial charge in [0, 0.05) is 5.56 Å². The van der Waals surface area contributed by atoms with E-state index < -0.39 is 21.0 Å². The van der Waals surface area contributed by atoms with Crippen LogP contribution in [0, 0.1) is 0 Å². The number of nitrogens with one attached hydrogen (secondary N) is 1. The third kappa shape index (κ3) is 2.89. The average molecular weight is 283 g/mol. The molecule has 1 aromatic rings. The Labute approximate surface area is 112 Å². The topological polar surface area (TPSA) is 72.5 Å². The molecule has 1 unspecified atom stereocenters. The number of sulfone groups is 1. The fraction of sp³-hybridized carbons (Fsp3) is 0.462. The zero-order valence-electron chi connectivity index (χ0n) is 10.8. The first-order chi connectivity index (χ1) is 9.06. The van der Waals surface area contributed by atoms with Crippen LogP contribution in [0.3, 0.4) is 0 Å². The van der Waals surface area contributed by atoms with E-state index in [0.717, 1.165) is 12.8 Å². The largest absolute Gasteiger partial charge is 0.379 e. The molecule has 1 aliphatic heterocycles. The van der Waals surface area contributed by atoms with Crippen LogP contribution in [0.2, 0.25) is 0 Å². The summed E-state index contributed by atoms with van der Waals surface area (Å²) >= 11 is 0. The minimum absolute atomic E-state index is 0.0211. The van der Waals surface area contributed by atoms with Crippen LogP contribution in [0.15, 0.2) is 24.3 Å². The molecule has 2 rings (SSSR count). The van der Waals surface area contributed by atoms with Crippen molar-refractivity contribution in [3.05, 3.63) is 29.8 Å². The smallest absolute Gasteiger partial charge is 0.275 e. The normalized spacial score (nSPS) is 18.4. The first-order valence-electron chi connectivity index (χ1n) is 6.33. The van der Waals surface area contributed by atoms with Crippen LogP contribution < -0.4 is 10.3 Å². The van der Waals surface area contributed by atoms with Gasteiger partial charge in [-0.25, -0.2) is 8.42 Å². The lowest BCUT2D eigenvalue weighted by Crippen LogP contribution is -2.40. The second-order valence-corrected chi connectivity index (χ2v) is 6.77. The highest BCUT2D eigenvalue weighted by Gasteiger charge is 2.39. The first kappa shape index (κ1) is 13.9. The predicted octanol–water partition coefficient (Wildman–Crippen LogP) is 1.76. The summed E-state index contributed by atoms with van der Waals surface area (Å²) in [6, 6.07) is 6.70. The van der Waals surface area contributed by atoms with Crippen LogP contribution in [0.1, 0.15) is 37.0 Å². The fourth-order valence-corrected chi connectivity index (χ4v) is 3.92. The lowest BCUT2D eigenvalue weighted by Gasteiger charge is -2.24. The maximum atomic E-state index is 12.3. The predicted molar refractivity (Wildman–Crippen MR) is 71.3 cm³/mol. The number of hydroxylamine groups is 1. The quantitative estimate of drug-likeness (QED) is 0.836. The second-order valence-electron chi connectivity index (χ2n) is 4.56. The monoisotopic (exact) mass is 283 g/mol. The molecule has 1 aromatic carbocycles. The summed E-state index contributed by atoms with van der Waals surface area (Å²) in [5.41, 5.74) is 2.59. The summed E-state index contributed by atoms with van der Waals surface area (Å²) in [4.78, 5) is 16.8. The summed E-state index contributed by atoms with van der Waals surface area (Å²) in [5, 5.41) is -1.16. The van der Waals surface area contributed by atoms with Crippen LogP contribution >= 0.6 is 0 Å². The number of carbonyl (C=O) groups is 1. The molecule has 0 aliphatic carbocycles. The number of unbranched alkanes of at least 4 members (excludes halogenated alkanes) is 2. The van der Waals surface area contributed by atoms with Gasteiger partial charge in [-0.2, -0.15) is 5.48 Å². The van der Waals surface area contributed by atoms with E-state index in [1.807, 2.05) is 6.92 Å². The number of para-hydroxylation sites is 1. The van der Waals surface area contributed by atoms with Gasteiger partial charge >= 0.3 is 0 Å². The summed E-state index contributed by atoms with van der Waals surface area (Å²) in [6.07, 6.45) is 2.35. The molecule has 0 spiro atoms. The molecule has 1 amide bonds. The number of carbonyl (C=O) groups excluding carboxylic acids is 1. The van der Waals surface area contributed by atoms with Crippen molar-refractivity contribution in [1.82, 2.24) is 5.48 Å². The van der Waals surface area contributed by atoms with E-state index in [1.165, 1.54) is 0 Å². The molecule has 6 heteroatoms. The van der Waals surface area contributed by atoms with E-state index >= 15 is 0 Å². The molecule has 0 aromatic heterocycles. The molecular weight excluding hydrogens is 266 g/mol. The van der Waals surface area contributed by atoms with Crippen LogP contribution in [0.25, 0.3) is 0 Å².